The van der Waals surface area contributed by atoms with Crippen LogP contribution in [0.1, 0.15) is 6.92 Å². The topological polar surface area (TPSA) is 4.93 Å². The zero-order valence-electron chi connectivity index (χ0n) is 9.37. The van der Waals surface area contributed by atoms with Crippen LogP contribution < -0.4 is 0 Å². The fourth-order valence-corrected chi connectivity index (χ4v) is 3.33. The van der Waals surface area contributed by atoms with Gasteiger partial charge in [-0.2, -0.15) is 0 Å². The van der Waals surface area contributed by atoms with E-state index in [0.29, 0.717) is 0 Å². The maximum Gasteiger partial charge on any atom is 0.0501 e. The first-order chi connectivity index (χ1) is 8.20. The average molecular weight is 447 g/mol. The molecule has 17 heavy (non-hydrogen) atoms. The third-order valence-corrected chi connectivity index (χ3v) is 4.45. The maximum absolute atomic E-state index is 2.40. The van der Waals surface area contributed by atoms with Gasteiger partial charge >= 0.3 is 0 Å². The van der Waals surface area contributed by atoms with Gasteiger partial charge in [0.25, 0.3) is 0 Å². The Hall–Kier alpha value is -0.300. The third-order valence-electron chi connectivity index (χ3n) is 3.11. The van der Waals surface area contributed by atoms with E-state index in [-0.39, 0.29) is 0 Å². The molecule has 0 aliphatic carbocycles. The van der Waals surface area contributed by atoms with Gasteiger partial charge in [-0.3, -0.25) is 0 Å². The molecule has 0 saturated carbocycles. The van der Waals surface area contributed by atoms with Gasteiger partial charge in [-0.05, 0) is 76.4 Å². The number of hydrogen-bond donors (Lipinski definition) is 0. The van der Waals surface area contributed by atoms with Crippen molar-refractivity contribution < 1.29 is 0 Å². The Kier molecular flexibility index (Phi) is 3.06. The van der Waals surface area contributed by atoms with Crippen molar-refractivity contribution in [1.29, 1.82) is 0 Å². The van der Waals surface area contributed by atoms with Crippen molar-refractivity contribution >= 4 is 67.0 Å². The Balaban J connectivity index is 2.56. The fourth-order valence-electron chi connectivity index (χ4n) is 2.38. The van der Waals surface area contributed by atoms with Crippen LogP contribution in [0.3, 0.4) is 0 Å². The van der Waals surface area contributed by atoms with E-state index in [0.717, 1.165) is 6.54 Å². The van der Waals surface area contributed by atoms with Crippen molar-refractivity contribution in [1.82, 2.24) is 4.57 Å². The SMILES string of the molecule is CCn1c2cc(I)ccc2c2ccc(I)cc21. The van der Waals surface area contributed by atoms with E-state index < -0.39 is 0 Å². The van der Waals surface area contributed by atoms with Gasteiger partial charge in [0.2, 0.25) is 0 Å². The standard InChI is InChI=1S/C14H11I2N/c1-2-17-13-7-9(15)3-5-11(13)12-6-4-10(16)8-14(12)17/h3-8H,2H2,1H3. The smallest absolute Gasteiger partial charge is 0.0501 e. The summed E-state index contributed by atoms with van der Waals surface area (Å²) in [6.45, 7) is 3.22. The largest absolute Gasteiger partial charge is 0.341 e. The minimum absolute atomic E-state index is 1.01. The quantitative estimate of drug-likeness (QED) is 0.462. The zero-order valence-corrected chi connectivity index (χ0v) is 13.7. The molecular weight excluding hydrogens is 436 g/mol. The van der Waals surface area contributed by atoms with Crippen LogP contribution in [-0.2, 0) is 6.54 Å². The van der Waals surface area contributed by atoms with E-state index in [9.17, 15) is 0 Å². The van der Waals surface area contributed by atoms with E-state index in [2.05, 4.69) is 93.1 Å². The highest BCUT2D eigenvalue weighted by Crippen LogP contribution is 2.31. The van der Waals surface area contributed by atoms with E-state index in [1.807, 2.05) is 0 Å². The molecule has 0 spiro atoms. The summed E-state index contributed by atoms with van der Waals surface area (Å²) in [5.74, 6) is 0. The van der Waals surface area contributed by atoms with Crippen LogP contribution in [0.2, 0.25) is 0 Å². The monoisotopic (exact) mass is 447 g/mol. The molecule has 3 heteroatoms. The van der Waals surface area contributed by atoms with Crippen LogP contribution >= 0.6 is 45.2 Å². The second-order valence-electron chi connectivity index (χ2n) is 4.07. The highest BCUT2D eigenvalue weighted by molar-refractivity contribution is 14.1. The van der Waals surface area contributed by atoms with Crippen LogP contribution in [0.25, 0.3) is 21.8 Å². The number of hydrogen-bond acceptors (Lipinski definition) is 0. The molecule has 86 valence electrons. The minimum atomic E-state index is 1.01. The zero-order chi connectivity index (χ0) is 12.0. The summed E-state index contributed by atoms with van der Waals surface area (Å²) >= 11 is 4.75. The van der Waals surface area contributed by atoms with Crippen molar-refractivity contribution in [2.75, 3.05) is 0 Å². The molecule has 0 aliphatic heterocycles. The molecule has 0 amide bonds. The molecule has 1 nitrogen and oxygen atoms in total. The van der Waals surface area contributed by atoms with Crippen LogP contribution in [0, 0.1) is 7.14 Å². The van der Waals surface area contributed by atoms with Crippen LogP contribution in [0.15, 0.2) is 36.4 Å². The molecule has 3 aromatic rings. The van der Waals surface area contributed by atoms with Gasteiger partial charge in [-0.15, -0.1) is 0 Å². The molecular formula is C14H11I2N. The Morgan fingerprint density at radius 2 is 1.35 bits per heavy atom. The van der Waals surface area contributed by atoms with E-state index in [1.165, 1.54) is 28.9 Å². The van der Waals surface area contributed by atoms with Crippen LogP contribution in [-0.4, -0.2) is 4.57 Å². The van der Waals surface area contributed by atoms with E-state index >= 15 is 0 Å². The highest BCUT2D eigenvalue weighted by atomic mass is 127. The van der Waals surface area contributed by atoms with Gasteiger partial charge in [0.05, 0.1) is 11.0 Å². The Bertz CT molecular complexity index is 654. The lowest BCUT2D eigenvalue weighted by molar-refractivity contribution is 0.827. The summed E-state index contributed by atoms with van der Waals surface area (Å²) in [6, 6.07) is 13.4. The first-order valence-corrected chi connectivity index (χ1v) is 7.73. The molecule has 1 aromatic heterocycles. The van der Waals surface area contributed by atoms with Crippen molar-refractivity contribution in [3.05, 3.63) is 43.5 Å². The fraction of sp³-hybridized carbons (Fsp3) is 0.143. The lowest BCUT2D eigenvalue weighted by Crippen LogP contribution is -1.93. The second kappa shape index (κ2) is 4.42. The summed E-state index contributed by atoms with van der Waals surface area (Å²) in [5.41, 5.74) is 2.69. The summed E-state index contributed by atoms with van der Waals surface area (Å²) < 4.78 is 4.99. The molecule has 0 atom stereocenters. The van der Waals surface area contributed by atoms with Gasteiger partial charge in [0, 0.05) is 24.5 Å². The van der Waals surface area contributed by atoms with E-state index in [4.69, 9.17) is 0 Å². The number of halogens is 2. The van der Waals surface area contributed by atoms with Crippen molar-refractivity contribution in [3.8, 4) is 0 Å². The number of rotatable bonds is 1. The van der Waals surface area contributed by atoms with Crippen molar-refractivity contribution in [3.63, 3.8) is 0 Å². The molecule has 2 aromatic carbocycles. The molecule has 3 rings (SSSR count). The first kappa shape index (κ1) is 11.8. The van der Waals surface area contributed by atoms with Crippen LogP contribution in [0.4, 0.5) is 0 Å². The molecule has 0 N–H and O–H groups in total. The Labute approximate surface area is 127 Å². The first-order valence-electron chi connectivity index (χ1n) is 5.57. The number of benzene rings is 2. The average Bonchev–Trinajstić information content (AvgIpc) is 2.60. The molecule has 0 radical (unpaired) electrons. The van der Waals surface area contributed by atoms with Gasteiger partial charge < -0.3 is 4.57 Å². The minimum Gasteiger partial charge on any atom is -0.341 e. The summed E-state index contributed by atoms with van der Waals surface area (Å²) in [4.78, 5) is 0. The number of fused-ring (bicyclic) bond motifs is 3. The Morgan fingerprint density at radius 3 is 1.76 bits per heavy atom. The molecule has 0 saturated heterocycles. The summed E-state index contributed by atoms with van der Waals surface area (Å²) in [5, 5.41) is 2.72. The summed E-state index contributed by atoms with van der Waals surface area (Å²) in [7, 11) is 0. The number of nitrogens with zero attached hydrogens (tertiary/aromatic N) is 1. The van der Waals surface area contributed by atoms with E-state index in [1.54, 1.807) is 0 Å². The molecule has 0 aliphatic rings. The van der Waals surface area contributed by atoms with Crippen LogP contribution in [0.5, 0.6) is 0 Å². The predicted molar refractivity (Wildman–Crippen MR) is 90.6 cm³/mol. The predicted octanol–water partition coefficient (Wildman–Crippen LogP) is 5.02. The third kappa shape index (κ3) is 1.87. The summed E-state index contributed by atoms with van der Waals surface area (Å²) in [6.07, 6.45) is 0. The lowest BCUT2D eigenvalue weighted by Gasteiger charge is -2.03. The van der Waals surface area contributed by atoms with Gasteiger partial charge in [-0.25, -0.2) is 0 Å². The van der Waals surface area contributed by atoms with Gasteiger partial charge in [0.15, 0.2) is 0 Å². The van der Waals surface area contributed by atoms with Crippen molar-refractivity contribution in [2.45, 2.75) is 13.5 Å². The van der Waals surface area contributed by atoms with Crippen molar-refractivity contribution in [2.24, 2.45) is 0 Å². The maximum atomic E-state index is 2.40. The Morgan fingerprint density at radius 1 is 0.882 bits per heavy atom. The van der Waals surface area contributed by atoms with Gasteiger partial charge in [-0.1, -0.05) is 12.1 Å². The molecule has 0 bridgehead atoms. The molecule has 1 heterocycles. The molecule has 0 unspecified atom stereocenters. The van der Waals surface area contributed by atoms with Gasteiger partial charge in [0.1, 0.15) is 0 Å². The number of aryl methyl sites for hydroxylation is 1. The number of aromatic nitrogens is 1. The second-order valence-corrected chi connectivity index (χ2v) is 6.56. The highest BCUT2D eigenvalue weighted by Gasteiger charge is 2.09. The normalized spacial score (nSPS) is 11.5. The lowest BCUT2D eigenvalue weighted by atomic mass is 10.2. The molecule has 0 fully saturated rings.